The van der Waals surface area contributed by atoms with Crippen LogP contribution in [0, 0.1) is 19.3 Å². The second kappa shape index (κ2) is 7.95. The number of aliphatic imine (C=N–C) groups is 1. The van der Waals surface area contributed by atoms with E-state index < -0.39 is 5.91 Å². The molecule has 1 amide bonds. The number of fused-ring (bicyclic) bond motifs is 1. The Kier molecular flexibility index (Phi) is 5.34. The van der Waals surface area contributed by atoms with Crippen molar-refractivity contribution in [3.05, 3.63) is 52.9 Å². The molecule has 7 nitrogen and oxygen atoms in total. The summed E-state index contributed by atoms with van der Waals surface area (Å²) < 4.78 is 7.45. The fourth-order valence-corrected chi connectivity index (χ4v) is 4.57. The monoisotopic (exact) mass is 421 g/mol. The van der Waals surface area contributed by atoms with Crippen LogP contribution in [0.1, 0.15) is 36.7 Å². The average Bonchev–Trinajstić information content (AvgIpc) is 3.25. The number of ether oxygens (including phenoxy) is 1. The quantitative estimate of drug-likeness (QED) is 0.720. The molecule has 3 heterocycles. The van der Waals surface area contributed by atoms with Gasteiger partial charge in [0.1, 0.15) is 10.8 Å². The van der Waals surface area contributed by atoms with Crippen LogP contribution in [0.15, 0.2) is 46.0 Å². The van der Waals surface area contributed by atoms with Gasteiger partial charge < -0.3 is 9.30 Å². The van der Waals surface area contributed by atoms with Crippen molar-refractivity contribution in [3.63, 3.8) is 0 Å². The zero-order chi connectivity index (χ0) is 21.4. The molecular formula is C22H23N5O2S. The number of benzene rings is 1. The van der Waals surface area contributed by atoms with Gasteiger partial charge in [-0.05, 0) is 68.3 Å². The summed E-state index contributed by atoms with van der Waals surface area (Å²) in [5, 5.41) is 15.8. The maximum atomic E-state index is 12.7. The molecule has 0 unspecified atom stereocenters. The fourth-order valence-electron chi connectivity index (χ4n) is 3.58. The third-order valence-electron chi connectivity index (χ3n) is 5.04. The van der Waals surface area contributed by atoms with Crippen LogP contribution >= 0.6 is 11.8 Å². The van der Waals surface area contributed by atoms with Gasteiger partial charge in [-0.15, -0.1) is 0 Å². The molecule has 0 spiro atoms. The summed E-state index contributed by atoms with van der Waals surface area (Å²) in [5.41, 5.74) is 4.07. The Morgan fingerprint density at radius 3 is 2.80 bits per heavy atom. The van der Waals surface area contributed by atoms with E-state index in [1.807, 2.05) is 44.2 Å². The molecule has 2 aromatic rings. The first kappa shape index (κ1) is 20.2. The number of nitrogens with zero attached hydrogens (tertiary/aromatic N) is 4. The zero-order valence-electron chi connectivity index (χ0n) is 17.4. The standard InChI is InChI=1S/C22H23N5O2S/c1-5-7-19-25-27-20(23)18(21(28)24-22(27)30-19)11-15-10-13(2)26(14(15)3)16-8-6-9-17(12-16)29-4/h6,8-12,23H,5,7H2,1-4H3/b18-11+,23-20?. The number of carbonyl (C=O) groups excluding carboxylic acids is 1. The number of hydrogen-bond acceptors (Lipinski definition) is 5. The van der Waals surface area contributed by atoms with Gasteiger partial charge in [-0.2, -0.15) is 15.1 Å². The van der Waals surface area contributed by atoms with Crippen LogP contribution in [-0.4, -0.2) is 38.6 Å². The normalized spacial score (nSPS) is 17.3. The lowest BCUT2D eigenvalue weighted by molar-refractivity contribution is -0.114. The van der Waals surface area contributed by atoms with Gasteiger partial charge >= 0.3 is 0 Å². The summed E-state index contributed by atoms with van der Waals surface area (Å²) in [6, 6.07) is 9.83. The molecule has 30 heavy (non-hydrogen) atoms. The Balaban J connectivity index is 1.72. The molecule has 8 heteroatoms. The first-order valence-electron chi connectivity index (χ1n) is 9.75. The summed E-state index contributed by atoms with van der Waals surface area (Å²) >= 11 is 1.37. The molecule has 0 radical (unpaired) electrons. The maximum Gasteiger partial charge on any atom is 0.283 e. The summed E-state index contributed by atoms with van der Waals surface area (Å²) in [7, 11) is 1.64. The lowest BCUT2D eigenvalue weighted by atomic mass is 10.1. The third kappa shape index (κ3) is 3.47. The van der Waals surface area contributed by atoms with E-state index in [0.29, 0.717) is 5.17 Å². The minimum Gasteiger partial charge on any atom is -0.497 e. The predicted octanol–water partition coefficient (Wildman–Crippen LogP) is 4.52. The van der Waals surface area contributed by atoms with E-state index in [1.54, 1.807) is 13.2 Å². The van der Waals surface area contributed by atoms with Gasteiger partial charge in [0, 0.05) is 23.1 Å². The summed E-state index contributed by atoms with van der Waals surface area (Å²) in [5.74, 6) is 0.436. The van der Waals surface area contributed by atoms with Crippen LogP contribution in [0.2, 0.25) is 0 Å². The number of hydrazone groups is 1. The van der Waals surface area contributed by atoms with Crippen molar-refractivity contribution in [2.75, 3.05) is 7.11 Å². The number of rotatable bonds is 5. The van der Waals surface area contributed by atoms with Crippen LogP contribution in [0.5, 0.6) is 5.75 Å². The first-order chi connectivity index (χ1) is 14.4. The van der Waals surface area contributed by atoms with Crippen molar-refractivity contribution in [1.82, 2.24) is 9.58 Å². The zero-order valence-corrected chi connectivity index (χ0v) is 18.2. The molecule has 0 saturated heterocycles. The number of amides is 1. The lowest BCUT2D eigenvalue weighted by Gasteiger charge is -2.20. The van der Waals surface area contributed by atoms with E-state index in [-0.39, 0.29) is 11.4 Å². The van der Waals surface area contributed by atoms with E-state index in [4.69, 9.17) is 10.1 Å². The number of aryl methyl sites for hydroxylation is 1. The van der Waals surface area contributed by atoms with Crippen molar-refractivity contribution in [2.45, 2.75) is 33.6 Å². The van der Waals surface area contributed by atoms with Crippen molar-refractivity contribution in [3.8, 4) is 11.4 Å². The van der Waals surface area contributed by atoms with E-state index in [2.05, 4.69) is 21.6 Å². The Morgan fingerprint density at radius 1 is 1.27 bits per heavy atom. The smallest absolute Gasteiger partial charge is 0.283 e. The predicted molar refractivity (Wildman–Crippen MR) is 122 cm³/mol. The van der Waals surface area contributed by atoms with E-state index in [0.717, 1.165) is 46.3 Å². The van der Waals surface area contributed by atoms with Crippen LogP contribution in [-0.2, 0) is 4.79 Å². The minimum atomic E-state index is -0.405. The van der Waals surface area contributed by atoms with Crippen LogP contribution in [0.25, 0.3) is 11.8 Å². The highest BCUT2D eigenvalue weighted by molar-refractivity contribution is 8.26. The fraction of sp³-hybridized carbons (Fsp3) is 0.273. The highest BCUT2D eigenvalue weighted by Crippen LogP contribution is 2.31. The third-order valence-corrected chi connectivity index (χ3v) is 6.01. The Hall–Kier alpha value is -3.13. The second-order valence-electron chi connectivity index (χ2n) is 7.13. The largest absolute Gasteiger partial charge is 0.497 e. The molecule has 4 rings (SSSR count). The van der Waals surface area contributed by atoms with Crippen molar-refractivity contribution in [1.29, 1.82) is 5.41 Å². The molecule has 2 aliphatic rings. The van der Waals surface area contributed by atoms with Crippen LogP contribution < -0.4 is 4.74 Å². The van der Waals surface area contributed by atoms with Gasteiger partial charge in [-0.3, -0.25) is 10.2 Å². The molecule has 0 aliphatic carbocycles. The number of carbonyl (C=O) groups is 1. The maximum absolute atomic E-state index is 12.7. The molecule has 0 atom stereocenters. The van der Waals surface area contributed by atoms with Crippen LogP contribution in [0.4, 0.5) is 0 Å². The van der Waals surface area contributed by atoms with Crippen molar-refractivity contribution < 1.29 is 9.53 Å². The highest BCUT2D eigenvalue weighted by Gasteiger charge is 2.35. The van der Waals surface area contributed by atoms with Crippen molar-refractivity contribution in [2.24, 2.45) is 10.1 Å². The molecular weight excluding hydrogens is 398 g/mol. The number of methoxy groups -OCH3 is 1. The van der Waals surface area contributed by atoms with E-state index in [1.165, 1.54) is 16.8 Å². The van der Waals surface area contributed by atoms with Gasteiger partial charge in [-0.25, -0.2) is 0 Å². The second-order valence-corrected chi connectivity index (χ2v) is 8.17. The van der Waals surface area contributed by atoms with Gasteiger partial charge in [0.15, 0.2) is 5.84 Å². The Morgan fingerprint density at radius 2 is 2.07 bits per heavy atom. The summed E-state index contributed by atoms with van der Waals surface area (Å²) in [4.78, 5) is 16.8. The highest BCUT2D eigenvalue weighted by atomic mass is 32.2. The summed E-state index contributed by atoms with van der Waals surface area (Å²) in [6.45, 7) is 6.08. The minimum absolute atomic E-state index is 0.0646. The topological polar surface area (TPSA) is 83.0 Å². The molecule has 1 aromatic carbocycles. The number of thioether (sulfide) groups is 1. The molecule has 2 aliphatic heterocycles. The van der Waals surface area contributed by atoms with Gasteiger partial charge in [-0.1, -0.05) is 13.0 Å². The molecule has 0 saturated carbocycles. The van der Waals surface area contributed by atoms with Crippen molar-refractivity contribution >= 4 is 39.8 Å². The van der Waals surface area contributed by atoms with Gasteiger partial charge in [0.05, 0.1) is 12.7 Å². The number of amidine groups is 2. The van der Waals surface area contributed by atoms with Gasteiger partial charge in [0.2, 0.25) is 5.17 Å². The first-order valence-corrected chi connectivity index (χ1v) is 10.6. The Labute approximate surface area is 179 Å². The SMILES string of the molecule is CCCC1=NN2C(=N)/C(=C\c3cc(C)n(-c4cccc(OC)c4)c3C)C(=O)N=C2S1. The van der Waals surface area contributed by atoms with Crippen LogP contribution in [0.3, 0.4) is 0 Å². The number of aromatic nitrogens is 1. The molecule has 154 valence electrons. The number of hydrogen-bond donors (Lipinski definition) is 1. The Bertz CT molecular complexity index is 1140. The lowest BCUT2D eigenvalue weighted by Crippen LogP contribution is -2.35. The van der Waals surface area contributed by atoms with Gasteiger partial charge in [0.25, 0.3) is 5.91 Å². The summed E-state index contributed by atoms with van der Waals surface area (Å²) in [6.07, 6.45) is 3.50. The van der Waals surface area contributed by atoms with E-state index in [9.17, 15) is 4.79 Å². The molecule has 0 fully saturated rings. The average molecular weight is 422 g/mol. The molecule has 1 aromatic heterocycles. The number of nitrogens with one attached hydrogen (secondary N) is 1. The molecule has 1 N–H and O–H groups in total. The molecule has 0 bridgehead atoms. The van der Waals surface area contributed by atoms with E-state index >= 15 is 0 Å².